The molecular weight excluding hydrogens is 414 g/mol. The van der Waals surface area contributed by atoms with Gasteiger partial charge in [0.25, 0.3) is 0 Å². The lowest BCUT2D eigenvalue weighted by Gasteiger charge is -2.36. The van der Waals surface area contributed by atoms with Crippen LogP contribution in [0.5, 0.6) is 0 Å². The smallest absolute Gasteiger partial charge is 0.0697 e. The predicted molar refractivity (Wildman–Crippen MR) is 141 cm³/mol. The van der Waals surface area contributed by atoms with E-state index in [1.165, 1.54) is 33.0 Å². The third-order valence-electron chi connectivity index (χ3n) is 6.57. The molecule has 5 aromatic carbocycles. The van der Waals surface area contributed by atoms with Crippen LogP contribution in [-0.2, 0) is 16.8 Å². The van der Waals surface area contributed by atoms with Gasteiger partial charge in [-0.1, -0.05) is 127 Å². The molecule has 0 saturated heterocycles. The zero-order valence-corrected chi connectivity index (χ0v) is 19.2. The van der Waals surface area contributed by atoms with Crippen molar-refractivity contribution in [2.24, 2.45) is 0 Å². The molecule has 0 unspecified atom stereocenters. The first-order valence-corrected chi connectivity index (χ1v) is 11.9. The van der Waals surface area contributed by atoms with Crippen molar-refractivity contribution in [1.29, 1.82) is 0 Å². The number of fused-ring (bicyclic) bond motifs is 1. The van der Waals surface area contributed by atoms with Crippen LogP contribution in [0.1, 0.15) is 28.7 Å². The number of hydrogen-bond acceptors (Lipinski definition) is 2. The lowest BCUT2D eigenvalue weighted by atomic mass is 9.67. The van der Waals surface area contributed by atoms with E-state index in [4.69, 9.17) is 4.84 Å². The van der Waals surface area contributed by atoms with Gasteiger partial charge in [0.2, 0.25) is 0 Å². The van der Waals surface area contributed by atoms with Crippen molar-refractivity contribution in [1.82, 2.24) is 5.48 Å². The minimum Gasteiger partial charge on any atom is -0.301 e. The van der Waals surface area contributed by atoms with Crippen LogP contribution in [0.2, 0.25) is 0 Å². The van der Waals surface area contributed by atoms with Crippen LogP contribution in [-0.4, -0.2) is 6.61 Å². The molecule has 5 aromatic rings. The van der Waals surface area contributed by atoms with Crippen LogP contribution in [0.4, 0.5) is 0 Å². The molecule has 0 fully saturated rings. The quantitative estimate of drug-likeness (QED) is 0.147. The maximum absolute atomic E-state index is 6.02. The van der Waals surface area contributed by atoms with Crippen LogP contribution in [0.25, 0.3) is 10.8 Å². The van der Waals surface area contributed by atoms with Crippen molar-refractivity contribution in [2.45, 2.75) is 18.4 Å². The average Bonchev–Trinajstić information content (AvgIpc) is 2.92. The van der Waals surface area contributed by atoms with E-state index in [9.17, 15) is 0 Å². The molecule has 0 heterocycles. The van der Waals surface area contributed by atoms with Gasteiger partial charge < -0.3 is 4.84 Å². The van der Waals surface area contributed by atoms with Gasteiger partial charge in [-0.15, -0.1) is 0 Å². The van der Waals surface area contributed by atoms with E-state index in [2.05, 4.69) is 139 Å². The maximum atomic E-state index is 6.02. The molecular formula is C32H29NO. The molecule has 5 rings (SSSR count). The summed E-state index contributed by atoms with van der Waals surface area (Å²) in [6.07, 6.45) is 0.815. The third-order valence-corrected chi connectivity index (χ3v) is 6.57. The lowest BCUT2D eigenvalue weighted by molar-refractivity contribution is 0.0297. The molecule has 0 bridgehead atoms. The van der Waals surface area contributed by atoms with E-state index in [0.29, 0.717) is 13.2 Å². The number of nitrogens with one attached hydrogen (secondary N) is 1. The van der Waals surface area contributed by atoms with Gasteiger partial charge in [-0.2, -0.15) is 5.48 Å². The highest BCUT2D eigenvalue weighted by molar-refractivity contribution is 5.82. The second-order valence-electron chi connectivity index (χ2n) is 8.60. The Morgan fingerprint density at radius 2 is 1.03 bits per heavy atom. The molecule has 168 valence electrons. The molecule has 0 atom stereocenters. The number of rotatable bonds is 9. The minimum atomic E-state index is -0.297. The molecule has 0 aliphatic rings. The molecule has 2 nitrogen and oxygen atoms in total. The van der Waals surface area contributed by atoms with E-state index >= 15 is 0 Å². The molecule has 0 saturated carbocycles. The Balaban J connectivity index is 1.36. The lowest BCUT2D eigenvalue weighted by Crippen LogP contribution is -2.32. The fourth-order valence-electron chi connectivity index (χ4n) is 4.86. The van der Waals surface area contributed by atoms with Gasteiger partial charge >= 0.3 is 0 Å². The minimum absolute atomic E-state index is 0.297. The molecule has 0 amide bonds. The van der Waals surface area contributed by atoms with Crippen LogP contribution in [0.3, 0.4) is 0 Å². The summed E-state index contributed by atoms with van der Waals surface area (Å²) in [5.41, 5.74) is 7.91. The van der Waals surface area contributed by atoms with E-state index in [1.54, 1.807) is 0 Å². The van der Waals surface area contributed by atoms with Crippen molar-refractivity contribution in [3.63, 3.8) is 0 Å². The van der Waals surface area contributed by atoms with E-state index < -0.39 is 0 Å². The van der Waals surface area contributed by atoms with Gasteiger partial charge in [-0.25, -0.2) is 0 Å². The van der Waals surface area contributed by atoms with Crippen molar-refractivity contribution in [3.8, 4) is 0 Å². The summed E-state index contributed by atoms with van der Waals surface area (Å²) in [6.45, 7) is 1.24. The number of hydrogen-bond donors (Lipinski definition) is 1. The second kappa shape index (κ2) is 10.5. The zero-order chi connectivity index (χ0) is 23.1. The first kappa shape index (κ1) is 22.1. The van der Waals surface area contributed by atoms with Crippen LogP contribution in [0.15, 0.2) is 133 Å². The van der Waals surface area contributed by atoms with Gasteiger partial charge in [-0.3, -0.25) is 0 Å². The zero-order valence-electron chi connectivity index (χ0n) is 19.2. The average molecular weight is 444 g/mol. The topological polar surface area (TPSA) is 21.3 Å². The monoisotopic (exact) mass is 443 g/mol. The molecule has 34 heavy (non-hydrogen) atoms. The Labute approximate surface area is 201 Å². The first-order chi connectivity index (χ1) is 16.9. The fourth-order valence-corrected chi connectivity index (χ4v) is 4.86. The summed E-state index contributed by atoms with van der Waals surface area (Å²) < 4.78 is 0. The molecule has 2 heteroatoms. The maximum Gasteiger partial charge on any atom is 0.0697 e. The number of hydroxylamine groups is 1. The second-order valence-corrected chi connectivity index (χ2v) is 8.60. The van der Waals surface area contributed by atoms with E-state index in [-0.39, 0.29) is 5.41 Å². The molecule has 0 aromatic heterocycles. The fraction of sp³-hybridized carbons (Fsp3) is 0.125. The summed E-state index contributed by atoms with van der Waals surface area (Å²) >= 11 is 0. The Morgan fingerprint density at radius 1 is 0.529 bits per heavy atom. The normalized spacial score (nSPS) is 11.5. The number of benzene rings is 5. The highest BCUT2D eigenvalue weighted by Gasteiger charge is 2.35. The van der Waals surface area contributed by atoms with Gasteiger partial charge in [-0.05, 0) is 45.5 Å². The largest absolute Gasteiger partial charge is 0.301 e. The van der Waals surface area contributed by atoms with Crippen LogP contribution < -0.4 is 5.48 Å². The van der Waals surface area contributed by atoms with Crippen LogP contribution in [0, 0.1) is 0 Å². The summed E-state index contributed by atoms with van der Waals surface area (Å²) in [5, 5.41) is 2.50. The molecule has 0 aliphatic heterocycles. The summed E-state index contributed by atoms with van der Waals surface area (Å²) in [5.74, 6) is 0. The predicted octanol–water partition coefficient (Wildman–Crippen LogP) is 7.29. The van der Waals surface area contributed by atoms with Crippen molar-refractivity contribution >= 4 is 10.8 Å². The van der Waals surface area contributed by atoms with Gasteiger partial charge in [0.15, 0.2) is 0 Å². The van der Waals surface area contributed by atoms with Gasteiger partial charge in [0, 0.05) is 12.0 Å². The van der Waals surface area contributed by atoms with Crippen molar-refractivity contribution < 1.29 is 4.84 Å². The van der Waals surface area contributed by atoms with Crippen molar-refractivity contribution in [2.75, 3.05) is 6.61 Å². The third kappa shape index (κ3) is 4.65. The summed E-state index contributed by atoms with van der Waals surface area (Å²) in [4.78, 5) is 6.02. The standard InChI is InChI=1S/C32H29NO/c1-4-14-29(15-5-1)32(30-16-6-2-7-17-30,31-18-8-3-9-19-31)22-23-34-33-25-26-20-21-27-12-10-11-13-28(27)24-26/h1-21,24,33H,22-23,25H2. The van der Waals surface area contributed by atoms with Gasteiger partial charge in [0.1, 0.15) is 0 Å². The summed E-state index contributed by atoms with van der Waals surface area (Å²) in [7, 11) is 0. The molecule has 0 aliphatic carbocycles. The van der Waals surface area contributed by atoms with Gasteiger partial charge in [0.05, 0.1) is 6.61 Å². The van der Waals surface area contributed by atoms with Crippen molar-refractivity contribution in [3.05, 3.63) is 156 Å². The Hall–Kier alpha value is -3.72. The van der Waals surface area contributed by atoms with E-state index in [0.717, 1.165) is 6.42 Å². The molecule has 0 radical (unpaired) electrons. The highest BCUT2D eigenvalue weighted by Crippen LogP contribution is 2.42. The SMILES string of the molecule is c1ccc(C(CCONCc2ccc3ccccc3c2)(c2ccccc2)c2ccccc2)cc1. The summed E-state index contributed by atoms with van der Waals surface area (Å²) in [6, 6.07) is 47.3. The van der Waals surface area contributed by atoms with E-state index in [1.807, 2.05) is 0 Å². The Bertz CT molecular complexity index is 1220. The highest BCUT2D eigenvalue weighted by atomic mass is 16.6. The van der Waals surface area contributed by atoms with Crippen LogP contribution >= 0.6 is 0 Å². The first-order valence-electron chi connectivity index (χ1n) is 11.9. The Kier molecular flexibility index (Phi) is 6.81. The Morgan fingerprint density at radius 3 is 1.59 bits per heavy atom. The molecule has 1 N–H and O–H groups in total. The molecule has 0 spiro atoms.